The molecular formula is C18H11ClN6. The standard InChI is InChI=1S/C18H11ClN6/c19-13-4-2-1-3-12(13)16-14(11-7-5-10(9-20)6-8-11)15-17(21)23-25-18(15)24-22-16/h1-8H,(H3,21,23,24,25). The molecule has 0 saturated heterocycles. The molecule has 25 heavy (non-hydrogen) atoms. The molecule has 0 radical (unpaired) electrons. The van der Waals surface area contributed by atoms with Gasteiger partial charge in [-0.25, -0.2) is 0 Å². The number of nitrogens with two attached hydrogens (primary N) is 1. The Hall–Kier alpha value is -3.43. The maximum atomic E-state index is 9.03. The molecule has 6 nitrogen and oxygen atoms in total. The second kappa shape index (κ2) is 5.89. The number of nitrogens with zero attached hydrogens (tertiary/aromatic N) is 4. The lowest BCUT2D eigenvalue weighted by Crippen LogP contribution is -1.96. The first-order chi connectivity index (χ1) is 12.2. The Morgan fingerprint density at radius 3 is 2.52 bits per heavy atom. The van der Waals surface area contributed by atoms with Crippen molar-refractivity contribution in [3.8, 4) is 28.5 Å². The number of hydrogen-bond donors (Lipinski definition) is 2. The van der Waals surface area contributed by atoms with Crippen LogP contribution in [0, 0.1) is 11.3 Å². The van der Waals surface area contributed by atoms with Gasteiger partial charge in [0.05, 0.1) is 22.0 Å². The predicted molar refractivity (Wildman–Crippen MR) is 96.7 cm³/mol. The van der Waals surface area contributed by atoms with E-state index in [9.17, 15) is 0 Å². The highest BCUT2D eigenvalue weighted by Gasteiger charge is 2.20. The number of H-pyrrole nitrogens is 1. The first-order valence-electron chi connectivity index (χ1n) is 7.44. The number of aromatic amines is 1. The van der Waals surface area contributed by atoms with Gasteiger partial charge in [0.25, 0.3) is 0 Å². The van der Waals surface area contributed by atoms with Crippen LogP contribution in [0.5, 0.6) is 0 Å². The predicted octanol–water partition coefficient (Wildman–Crippen LogP) is 3.79. The Bertz CT molecular complexity index is 1120. The van der Waals surface area contributed by atoms with Crippen LogP contribution in [0.4, 0.5) is 5.82 Å². The zero-order valence-corrected chi connectivity index (χ0v) is 13.6. The van der Waals surface area contributed by atoms with Crippen molar-refractivity contribution < 1.29 is 0 Å². The quantitative estimate of drug-likeness (QED) is 0.574. The molecule has 120 valence electrons. The SMILES string of the molecule is N#Cc1ccc(-c2c(-c3ccccc3Cl)nnc3[nH]nc(N)c23)cc1. The van der Waals surface area contributed by atoms with Crippen molar-refractivity contribution in [1.82, 2.24) is 20.4 Å². The van der Waals surface area contributed by atoms with Crippen LogP contribution in [0.25, 0.3) is 33.4 Å². The summed E-state index contributed by atoms with van der Waals surface area (Å²) >= 11 is 6.37. The number of benzene rings is 2. The minimum Gasteiger partial charge on any atom is -0.382 e. The van der Waals surface area contributed by atoms with Crippen LogP contribution in [0.15, 0.2) is 48.5 Å². The Morgan fingerprint density at radius 2 is 1.80 bits per heavy atom. The molecule has 3 N–H and O–H groups in total. The summed E-state index contributed by atoms with van der Waals surface area (Å²) in [4.78, 5) is 0. The van der Waals surface area contributed by atoms with Crippen molar-refractivity contribution >= 4 is 28.5 Å². The molecule has 0 amide bonds. The second-order valence-electron chi connectivity index (χ2n) is 5.43. The lowest BCUT2D eigenvalue weighted by molar-refractivity contribution is 1.03. The molecular weight excluding hydrogens is 336 g/mol. The van der Waals surface area contributed by atoms with Crippen molar-refractivity contribution in [2.45, 2.75) is 0 Å². The van der Waals surface area contributed by atoms with Crippen molar-refractivity contribution in [1.29, 1.82) is 5.26 Å². The molecule has 0 saturated carbocycles. The van der Waals surface area contributed by atoms with Crippen LogP contribution in [0.3, 0.4) is 0 Å². The van der Waals surface area contributed by atoms with E-state index in [1.54, 1.807) is 18.2 Å². The van der Waals surface area contributed by atoms with E-state index in [2.05, 4.69) is 26.5 Å². The molecule has 7 heteroatoms. The first kappa shape index (κ1) is 15.1. The molecule has 2 heterocycles. The fourth-order valence-corrected chi connectivity index (χ4v) is 2.99. The van der Waals surface area contributed by atoms with Crippen LogP contribution in [-0.4, -0.2) is 20.4 Å². The zero-order chi connectivity index (χ0) is 17.4. The highest BCUT2D eigenvalue weighted by Crippen LogP contribution is 2.39. The minimum absolute atomic E-state index is 0.331. The summed E-state index contributed by atoms with van der Waals surface area (Å²) in [6.45, 7) is 0. The van der Waals surface area contributed by atoms with Gasteiger partial charge in [0, 0.05) is 11.1 Å². The van der Waals surface area contributed by atoms with Gasteiger partial charge in [0.1, 0.15) is 5.69 Å². The summed E-state index contributed by atoms with van der Waals surface area (Å²) in [5.74, 6) is 0.331. The summed E-state index contributed by atoms with van der Waals surface area (Å²) in [7, 11) is 0. The summed E-state index contributed by atoms with van der Waals surface area (Å²) in [5.41, 5.74) is 10.1. The largest absolute Gasteiger partial charge is 0.382 e. The lowest BCUT2D eigenvalue weighted by Gasteiger charge is -2.11. The van der Waals surface area contributed by atoms with Gasteiger partial charge in [0.2, 0.25) is 0 Å². The van der Waals surface area contributed by atoms with E-state index in [0.717, 1.165) is 16.7 Å². The van der Waals surface area contributed by atoms with Crippen LogP contribution >= 0.6 is 11.6 Å². The third-order valence-electron chi connectivity index (χ3n) is 3.94. The van der Waals surface area contributed by atoms with Crippen molar-refractivity contribution in [2.75, 3.05) is 5.73 Å². The number of hydrogen-bond acceptors (Lipinski definition) is 5. The summed E-state index contributed by atoms with van der Waals surface area (Å²) in [5, 5.41) is 25.6. The van der Waals surface area contributed by atoms with E-state index in [1.165, 1.54) is 0 Å². The number of aromatic nitrogens is 4. The first-order valence-corrected chi connectivity index (χ1v) is 7.82. The van der Waals surface area contributed by atoms with Gasteiger partial charge in [-0.05, 0) is 23.8 Å². The average Bonchev–Trinajstić information content (AvgIpc) is 3.03. The summed E-state index contributed by atoms with van der Waals surface area (Å²) in [6, 6.07) is 16.7. The van der Waals surface area contributed by atoms with E-state index in [-0.39, 0.29) is 0 Å². The maximum Gasteiger partial charge on any atom is 0.180 e. The monoisotopic (exact) mass is 346 g/mol. The van der Waals surface area contributed by atoms with E-state index in [4.69, 9.17) is 22.6 Å². The van der Waals surface area contributed by atoms with Gasteiger partial charge >= 0.3 is 0 Å². The molecule has 0 fully saturated rings. The van der Waals surface area contributed by atoms with Gasteiger partial charge in [-0.2, -0.15) is 10.4 Å². The molecule has 0 aliphatic rings. The van der Waals surface area contributed by atoms with E-state index < -0.39 is 0 Å². The van der Waals surface area contributed by atoms with Crippen LogP contribution in [0.1, 0.15) is 5.56 Å². The highest BCUT2D eigenvalue weighted by molar-refractivity contribution is 6.33. The molecule has 0 spiro atoms. The Balaban J connectivity index is 2.08. The van der Waals surface area contributed by atoms with Crippen LogP contribution in [-0.2, 0) is 0 Å². The second-order valence-corrected chi connectivity index (χ2v) is 5.83. The zero-order valence-electron chi connectivity index (χ0n) is 12.9. The highest BCUT2D eigenvalue weighted by atomic mass is 35.5. The Morgan fingerprint density at radius 1 is 1.04 bits per heavy atom. The van der Waals surface area contributed by atoms with Crippen molar-refractivity contribution in [2.24, 2.45) is 0 Å². The molecule has 0 aliphatic carbocycles. The number of anilines is 1. The number of nitrogen functional groups attached to an aromatic ring is 1. The molecule has 4 aromatic rings. The Labute approximate surface area is 147 Å². The average molecular weight is 347 g/mol. The van der Waals surface area contributed by atoms with E-state index >= 15 is 0 Å². The number of halogens is 1. The lowest BCUT2D eigenvalue weighted by atomic mass is 9.96. The van der Waals surface area contributed by atoms with E-state index in [0.29, 0.717) is 33.1 Å². The van der Waals surface area contributed by atoms with Gasteiger partial charge in [-0.15, -0.1) is 10.2 Å². The van der Waals surface area contributed by atoms with E-state index in [1.807, 2.05) is 30.3 Å². The van der Waals surface area contributed by atoms with Gasteiger partial charge in [0.15, 0.2) is 11.5 Å². The normalized spacial score (nSPS) is 10.7. The minimum atomic E-state index is 0.331. The number of nitriles is 1. The fourth-order valence-electron chi connectivity index (χ4n) is 2.77. The molecule has 2 aromatic heterocycles. The van der Waals surface area contributed by atoms with Crippen LogP contribution < -0.4 is 5.73 Å². The van der Waals surface area contributed by atoms with Crippen molar-refractivity contribution in [3.63, 3.8) is 0 Å². The smallest absolute Gasteiger partial charge is 0.180 e. The van der Waals surface area contributed by atoms with Crippen LogP contribution in [0.2, 0.25) is 5.02 Å². The van der Waals surface area contributed by atoms with Gasteiger partial charge < -0.3 is 5.73 Å². The van der Waals surface area contributed by atoms with Crippen molar-refractivity contribution in [3.05, 3.63) is 59.1 Å². The topological polar surface area (TPSA) is 104 Å². The third kappa shape index (κ3) is 2.47. The fraction of sp³-hybridized carbons (Fsp3) is 0. The molecule has 4 rings (SSSR count). The number of fused-ring (bicyclic) bond motifs is 1. The Kier molecular flexibility index (Phi) is 3.56. The number of rotatable bonds is 2. The molecule has 0 atom stereocenters. The molecule has 0 bridgehead atoms. The molecule has 0 unspecified atom stereocenters. The van der Waals surface area contributed by atoms with Gasteiger partial charge in [-0.1, -0.05) is 41.9 Å². The summed E-state index contributed by atoms with van der Waals surface area (Å²) < 4.78 is 0. The number of nitrogens with one attached hydrogen (secondary N) is 1. The summed E-state index contributed by atoms with van der Waals surface area (Å²) in [6.07, 6.45) is 0. The molecule has 0 aliphatic heterocycles. The third-order valence-corrected chi connectivity index (χ3v) is 4.27. The molecule has 2 aromatic carbocycles. The maximum absolute atomic E-state index is 9.03. The van der Waals surface area contributed by atoms with Gasteiger partial charge in [-0.3, -0.25) is 5.10 Å².